The van der Waals surface area contributed by atoms with Crippen LogP contribution in [0.4, 0.5) is 0 Å². The summed E-state index contributed by atoms with van der Waals surface area (Å²) in [6, 6.07) is 1.77. The van der Waals surface area contributed by atoms with Crippen molar-refractivity contribution in [3.63, 3.8) is 0 Å². The highest BCUT2D eigenvalue weighted by Crippen LogP contribution is 2.23. The van der Waals surface area contributed by atoms with Crippen LogP contribution in [-0.4, -0.2) is 10.1 Å². The smallest absolute Gasteiger partial charge is 0.200 e. The summed E-state index contributed by atoms with van der Waals surface area (Å²) >= 11 is 1.34. The molecule has 0 saturated carbocycles. The molecule has 11 heavy (non-hydrogen) atoms. The maximum absolute atomic E-state index is 9.39. The summed E-state index contributed by atoms with van der Waals surface area (Å²) in [6.07, 6.45) is 1.64. The van der Waals surface area contributed by atoms with Crippen LogP contribution in [0.5, 0.6) is 0 Å². The highest BCUT2D eigenvalue weighted by atomic mass is 32.1. The Morgan fingerprint density at radius 1 is 1.82 bits per heavy atom. The first kappa shape index (κ1) is 8.18. The molecule has 0 saturated heterocycles. The average molecular weight is 168 g/mol. The molecule has 1 unspecified atom stereocenters. The van der Waals surface area contributed by atoms with E-state index in [2.05, 4.69) is 4.98 Å². The summed E-state index contributed by atoms with van der Waals surface area (Å²) < 4.78 is 0. The number of aliphatic hydroxyl groups is 1. The maximum atomic E-state index is 9.39. The second kappa shape index (κ2) is 2.61. The minimum absolute atomic E-state index is 0.456. The van der Waals surface area contributed by atoms with Gasteiger partial charge in [-0.1, -0.05) is 0 Å². The Kier molecular flexibility index (Phi) is 1.94. The zero-order valence-corrected chi connectivity index (χ0v) is 7.14. The van der Waals surface area contributed by atoms with E-state index in [1.54, 1.807) is 12.3 Å². The lowest BCUT2D eigenvalue weighted by Crippen LogP contribution is -2.17. The third-order valence-electron chi connectivity index (χ3n) is 1.26. The molecule has 58 valence electrons. The van der Waals surface area contributed by atoms with Gasteiger partial charge in [0.25, 0.3) is 0 Å². The summed E-state index contributed by atoms with van der Waals surface area (Å²) in [7, 11) is 0. The second-order valence-corrected chi connectivity index (χ2v) is 3.69. The number of aromatic nitrogens is 1. The number of hydrogen-bond acceptors (Lipinski definition) is 4. The van der Waals surface area contributed by atoms with E-state index in [9.17, 15) is 5.11 Å². The summed E-state index contributed by atoms with van der Waals surface area (Å²) in [5.74, 6) is 0. The molecular formula is C7H8N2OS. The van der Waals surface area contributed by atoms with Crippen LogP contribution in [0.1, 0.15) is 16.8 Å². The predicted molar refractivity (Wildman–Crippen MR) is 42.0 cm³/mol. The van der Waals surface area contributed by atoms with E-state index in [1.807, 2.05) is 6.92 Å². The lowest BCUT2D eigenvalue weighted by Gasteiger charge is -2.08. The van der Waals surface area contributed by atoms with Crippen molar-refractivity contribution >= 4 is 11.3 Å². The molecule has 0 aliphatic heterocycles. The van der Waals surface area contributed by atoms with Crippen LogP contribution in [0.25, 0.3) is 0 Å². The van der Waals surface area contributed by atoms with Crippen LogP contribution in [-0.2, 0) is 5.60 Å². The van der Waals surface area contributed by atoms with Gasteiger partial charge in [-0.15, -0.1) is 11.3 Å². The summed E-state index contributed by atoms with van der Waals surface area (Å²) in [5.41, 5.74) is -1.43. The molecule has 4 heteroatoms. The van der Waals surface area contributed by atoms with E-state index in [-0.39, 0.29) is 0 Å². The fraction of sp³-hybridized carbons (Fsp3) is 0.429. The molecule has 1 atom stereocenters. The number of hydrogen-bond donors (Lipinski definition) is 1. The van der Waals surface area contributed by atoms with Crippen LogP contribution in [0.3, 0.4) is 0 Å². The molecule has 1 heterocycles. The SMILES string of the molecule is Cc1cnc(C(C)(O)C#N)s1. The van der Waals surface area contributed by atoms with Crippen LogP contribution in [0.15, 0.2) is 6.20 Å². The Balaban J connectivity index is 3.04. The quantitative estimate of drug-likeness (QED) is 0.640. The Morgan fingerprint density at radius 3 is 2.82 bits per heavy atom. The number of aryl methyl sites for hydroxylation is 1. The van der Waals surface area contributed by atoms with Crippen molar-refractivity contribution in [2.75, 3.05) is 0 Å². The zero-order chi connectivity index (χ0) is 8.48. The van der Waals surface area contributed by atoms with E-state index in [0.29, 0.717) is 5.01 Å². The first-order chi connectivity index (χ1) is 5.06. The normalized spacial score (nSPS) is 15.5. The van der Waals surface area contributed by atoms with Crippen LogP contribution in [0.2, 0.25) is 0 Å². The number of rotatable bonds is 1. The van der Waals surface area contributed by atoms with Crippen LogP contribution >= 0.6 is 11.3 Å². The first-order valence-electron chi connectivity index (χ1n) is 3.13. The number of thiazole rings is 1. The van der Waals surface area contributed by atoms with E-state index >= 15 is 0 Å². The summed E-state index contributed by atoms with van der Waals surface area (Å²) in [4.78, 5) is 4.90. The third-order valence-corrected chi connectivity index (χ3v) is 2.38. The summed E-state index contributed by atoms with van der Waals surface area (Å²) in [5, 5.41) is 18.4. The summed E-state index contributed by atoms with van der Waals surface area (Å²) in [6.45, 7) is 3.32. The van der Waals surface area contributed by atoms with Gasteiger partial charge in [0, 0.05) is 11.1 Å². The molecule has 1 N–H and O–H groups in total. The van der Waals surface area contributed by atoms with Crippen molar-refractivity contribution in [1.29, 1.82) is 5.26 Å². The van der Waals surface area contributed by atoms with E-state index in [1.165, 1.54) is 18.3 Å². The standard InChI is InChI=1S/C7H8N2OS/c1-5-3-9-6(11-5)7(2,10)4-8/h3,10H,1-2H3. The Morgan fingerprint density at radius 2 is 2.45 bits per heavy atom. The lowest BCUT2D eigenvalue weighted by atomic mass is 10.1. The van der Waals surface area contributed by atoms with E-state index in [4.69, 9.17) is 5.26 Å². The van der Waals surface area contributed by atoms with Gasteiger partial charge in [0.05, 0.1) is 0 Å². The van der Waals surface area contributed by atoms with Gasteiger partial charge in [0.15, 0.2) is 5.60 Å². The van der Waals surface area contributed by atoms with Crippen molar-refractivity contribution in [3.05, 3.63) is 16.1 Å². The molecule has 1 aromatic rings. The minimum atomic E-state index is -1.43. The van der Waals surface area contributed by atoms with Gasteiger partial charge < -0.3 is 5.11 Å². The van der Waals surface area contributed by atoms with Gasteiger partial charge in [0.2, 0.25) is 0 Å². The molecule has 0 radical (unpaired) electrons. The molecule has 0 spiro atoms. The molecular weight excluding hydrogens is 160 g/mol. The molecule has 0 amide bonds. The third kappa shape index (κ3) is 1.56. The molecule has 0 aliphatic rings. The Labute approximate surface area is 68.9 Å². The van der Waals surface area contributed by atoms with Crippen LogP contribution in [0, 0.1) is 18.3 Å². The fourth-order valence-electron chi connectivity index (χ4n) is 0.628. The Hall–Kier alpha value is -0.920. The van der Waals surface area contributed by atoms with E-state index < -0.39 is 5.60 Å². The molecule has 0 fully saturated rings. The minimum Gasteiger partial charge on any atom is -0.370 e. The highest BCUT2D eigenvalue weighted by molar-refractivity contribution is 7.11. The topological polar surface area (TPSA) is 56.9 Å². The van der Waals surface area contributed by atoms with Crippen molar-refractivity contribution in [2.24, 2.45) is 0 Å². The molecule has 1 rings (SSSR count). The predicted octanol–water partition coefficient (Wildman–Crippen LogP) is 1.18. The van der Waals surface area contributed by atoms with Crippen molar-refractivity contribution in [2.45, 2.75) is 19.4 Å². The van der Waals surface area contributed by atoms with Gasteiger partial charge in [-0.3, -0.25) is 0 Å². The van der Waals surface area contributed by atoms with Gasteiger partial charge in [-0.05, 0) is 13.8 Å². The fourth-order valence-corrected chi connectivity index (χ4v) is 1.39. The highest BCUT2D eigenvalue weighted by Gasteiger charge is 2.25. The Bertz CT molecular complexity index is 298. The second-order valence-electron chi connectivity index (χ2n) is 2.46. The van der Waals surface area contributed by atoms with Crippen LogP contribution < -0.4 is 0 Å². The van der Waals surface area contributed by atoms with Gasteiger partial charge in [-0.2, -0.15) is 5.26 Å². The molecule has 0 aromatic carbocycles. The first-order valence-corrected chi connectivity index (χ1v) is 3.94. The molecule has 0 bridgehead atoms. The van der Waals surface area contributed by atoms with Gasteiger partial charge in [0.1, 0.15) is 11.1 Å². The number of nitrogens with zero attached hydrogens (tertiary/aromatic N) is 2. The molecule has 1 aromatic heterocycles. The van der Waals surface area contributed by atoms with E-state index in [0.717, 1.165) is 4.88 Å². The maximum Gasteiger partial charge on any atom is 0.200 e. The lowest BCUT2D eigenvalue weighted by molar-refractivity contribution is 0.119. The zero-order valence-electron chi connectivity index (χ0n) is 6.33. The van der Waals surface area contributed by atoms with Crippen molar-refractivity contribution in [1.82, 2.24) is 4.98 Å². The van der Waals surface area contributed by atoms with Gasteiger partial charge in [-0.25, -0.2) is 4.98 Å². The monoisotopic (exact) mass is 168 g/mol. The number of nitriles is 1. The molecule has 3 nitrogen and oxygen atoms in total. The molecule has 0 aliphatic carbocycles. The van der Waals surface area contributed by atoms with Gasteiger partial charge >= 0.3 is 0 Å². The van der Waals surface area contributed by atoms with Crippen molar-refractivity contribution < 1.29 is 5.11 Å². The van der Waals surface area contributed by atoms with Crippen molar-refractivity contribution in [3.8, 4) is 6.07 Å². The average Bonchev–Trinajstić information content (AvgIpc) is 2.36. The largest absolute Gasteiger partial charge is 0.370 e.